The Bertz CT molecular complexity index is 559. The second-order valence-electron chi connectivity index (χ2n) is 5.53. The number of hydrogen-bond acceptors (Lipinski definition) is 3. The van der Waals surface area contributed by atoms with Crippen molar-refractivity contribution >= 4 is 45.6 Å². The minimum absolute atomic E-state index is 0.545. The van der Waals surface area contributed by atoms with Crippen molar-refractivity contribution < 1.29 is 9.64 Å². The zero-order valence-corrected chi connectivity index (χ0v) is 16.0. The van der Waals surface area contributed by atoms with Gasteiger partial charge in [-0.1, -0.05) is 30.3 Å². The van der Waals surface area contributed by atoms with Gasteiger partial charge in [-0.05, 0) is 39.8 Å². The van der Waals surface area contributed by atoms with E-state index in [0.717, 1.165) is 55.9 Å². The van der Waals surface area contributed by atoms with Gasteiger partial charge in [0.25, 0.3) is 0 Å². The Morgan fingerprint density at radius 3 is 2.79 bits per heavy atom. The average molecular weight is 412 g/mol. The zero-order valence-electron chi connectivity index (χ0n) is 13.6. The molecule has 2 rings (SSSR count). The van der Waals surface area contributed by atoms with Crippen molar-refractivity contribution in [2.75, 3.05) is 39.4 Å². The first-order chi connectivity index (χ1) is 11.7. The number of quaternary nitrogens is 1. The average Bonchev–Trinajstić information content (AvgIpc) is 2.60. The maximum atomic E-state index is 5.35. The van der Waals surface area contributed by atoms with Gasteiger partial charge in [-0.25, -0.2) is 0 Å². The first-order valence-corrected chi connectivity index (χ1v) is 9.34. The standard InChI is InChI=1S/C17H23BrN4OS/c18-16(13-15-5-2-1-3-6-15)14-20-21-17(24)19-7-4-8-22-9-11-23-12-10-22/h1-3,5-6,13-14H,4,7-12H2,(H2,19,21,24)/p+1/b16-13-,20-14-. The second kappa shape index (κ2) is 11.3. The summed E-state index contributed by atoms with van der Waals surface area (Å²) in [5, 5.41) is 7.84. The zero-order chi connectivity index (χ0) is 17.0. The van der Waals surface area contributed by atoms with E-state index in [2.05, 4.69) is 31.8 Å². The number of morpholine rings is 1. The molecular weight excluding hydrogens is 388 g/mol. The third-order valence-corrected chi connectivity index (χ3v) is 4.32. The molecule has 1 aromatic rings. The van der Waals surface area contributed by atoms with Crippen LogP contribution in [0.4, 0.5) is 0 Å². The van der Waals surface area contributed by atoms with Gasteiger partial charge in [0, 0.05) is 17.4 Å². The fourth-order valence-corrected chi connectivity index (χ4v) is 2.91. The van der Waals surface area contributed by atoms with Gasteiger partial charge in [-0.2, -0.15) is 5.10 Å². The Labute approximate surface area is 157 Å². The van der Waals surface area contributed by atoms with Crippen molar-refractivity contribution in [2.45, 2.75) is 6.42 Å². The van der Waals surface area contributed by atoms with Gasteiger partial charge in [0.1, 0.15) is 13.1 Å². The molecule has 0 spiro atoms. The van der Waals surface area contributed by atoms with Crippen LogP contribution in [-0.2, 0) is 4.74 Å². The molecule has 0 saturated carbocycles. The van der Waals surface area contributed by atoms with Crippen molar-refractivity contribution in [3.05, 3.63) is 40.4 Å². The molecule has 1 saturated heterocycles. The molecule has 1 heterocycles. The molecule has 24 heavy (non-hydrogen) atoms. The molecule has 0 bridgehead atoms. The predicted octanol–water partition coefficient (Wildman–Crippen LogP) is 1.18. The van der Waals surface area contributed by atoms with Crippen LogP contribution in [0.15, 0.2) is 39.9 Å². The number of halogens is 1. The highest BCUT2D eigenvalue weighted by atomic mass is 79.9. The lowest BCUT2D eigenvalue weighted by molar-refractivity contribution is -0.908. The largest absolute Gasteiger partial charge is 0.370 e. The molecule has 130 valence electrons. The predicted molar refractivity (Wildman–Crippen MR) is 107 cm³/mol. The van der Waals surface area contributed by atoms with E-state index in [1.54, 1.807) is 11.1 Å². The summed E-state index contributed by atoms with van der Waals surface area (Å²) in [6, 6.07) is 10.1. The molecule has 1 aliphatic rings. The van der Waals surface area contributed by atoms with Gasteiger partial charge in [-0.15, -0.1) is 0 Å². The number of hydrogen-bond donors (Lipinski definition) is 3. The maximum Gasteiger partial charge on any atom is 0.186 e. The van der Waals surface area contributed by atoms with Gasteiger partial charge < -0.3 is 15.0 Å². The first-order valence-electron chi connectivity index (χ1n) is 8.14. The quantitative estimate of drug-likeness (QED) is 0.273. The van der Waals surface area contributed by atoms with E-state index in [1.807, 2.05) is 36.4 Å². The van der Waals surface area contributed by atoms with Crippen LogP contribution in [0.25, 0.3) is 6.08 Å². The molecule has 5 nitrogen and oxygen atoms in total. The lowest BCUT2D eigenvalue weighted by Crippen LogP contribution is -3.14. The van der Waals surface area contributed by atoms with Gasteiger partial charge in [-0.3, -0.25) is 5.43 Å². The number of hydrazone groups is 1. The van der Waals surface area contributed by atoms with Crippen LogP contribution in [0.1, 0.15) is 12.0 Å². The number of allylic oxidation sites excluding steroid dienone is 1. The summed E-state index contributed by atoms with van der Waals surface area (Å²) in [6.45, 7) is 5.97. The highest BCUT2D eigenvalue weighted by molar-refractivity contribution is 9.12. The van der Waals surface area contributed by atoms with Gasteiger partial charge in [0.05, 0.1) is 26.0 Å². The van der Waals surface area contributed by atoms with Gasteiger partial charge in [0.2, 0.25) is 0 Å². The molecule has 0 aromatic heterocycles. The summed E-state index contributed by atoms with van der Waals surface area (Å²) >= 11 is 8.68. The third-order valence-electron chi connectivity index (χ3n) is 3.65. The Hall–Kier alpha value is -1.28. The van der Waals surface area contributed by atoms with Crippen LogP contribution in [0.2, 0.25) is 0 Å². The Morgan fingerprint density at radius 2 is 2.04 bits per heavy atom. The monoisotopic (exact) mass is 411 g/mol. The number of nitrogens with zero attached hydrogens (tertiary/aromatic N) is 1. The van der Waals surface area contributed by atoms with Crippen LogP contribution < -0.4 is 15.6 Å². The van der Waals surface area contributed by atoms with Crippen molar-refractivity contribution in [3.63, 3.8) is 0 Å². The number of thiocarbonyl (C=S) groups is 1. The Kier molecular flexibility index (Phi) is 8.97. The number of rotatable bonds is 7. The fourth-order valence-electron chi connectivity index (χ4n) is 2.39. The molecule has 0 atom stereocenters. The summed E-state index contributed by atoms with van der Waals surface area (Å²) < 4.78 is 6.23. The Morgan fingerprint density at radius 1 is 1.29 bits per heavy atom. The molecule has 1 aliphatic heterocycles. The Balaban J connectivity index is 1.59. The van der Waals surface area contributed by atoms with E-state index in [9.17, 15) is 0 Å². The van der Waals surface area contributed by atoms with Crippen LogP contribution in [0.3, 0.4) is 0 Å². The lowest BCUT2D eigenvalue weighted by Gasteiger charge is -2.23. The molecule has 0 unspecified atom stereocenters. The first kappa shape index (κ1) is 19.1. The van der Waals surface area contributed by atoms with E-state index in [1.165, 1.54) is 0 Å². The minimum atomic E-state index is 0.545. The highest BCUT2D eigenvalue weighted by Crippen LogP contribution is 2.09. The van der Waals surface area contributed by atoms with Crippen molar-refractivity contribution in [2.24, 2.45) is 5.10 Å². The smallest absolute Gasteiger partial charge is 0.186 e. The van der Waals surface area contributed by atoms with E-state index < -0.39 is 0 Å². The second-order valence-corrected chi connectivity index (χ2v) is 6.86. The highest BCUT2D eigenvalue weighted by Gasteiger charge is 2.12. The molecule has 3 N–H and O–H groups in total. The van der Waals surface area contributed by atoms with Crippen molar-refractivity contribution in [3.8, 4) is 0 Å². The summed E-state index contributed by atoms with van der Waals surface area (Å²) in [6.07, 6.45) is 4.77. The summed E-state index contributed by atoms with van der Waals surface area (Å²) in [7, 11) is 0. The van der Waals surface area contributed by atoms with E-state index in [4.69, 9.17) is 17.0 Å². The molecule has 7 heteroatoms. The molecule has 0 radical (unpaired) electrons. The van der Waals surface area contributed by atoms with Crippen LogP contribution >= 0.6 is 28.1 Å². The number of ether oxygens (including phenoxy) is 1. The van der Waals surface area contributed by atoms with Crippen molar-refractivity contribution in [1.82, 2.24) is 10.7 Å². The van der Waals surface area contributed by atoms with Crippen LogP contribution in [-0.4, -0.2) is 50.7 Å². The lowest BCUT2D eigenvalue weighted by atomic mass is 10.2. The molecular formula is C17H24BrN4OS+. The summed E-state index contributed by atoms with van der Waals surface area (Å²) in [5.74, 6) is 0. The van der Waals surface area contributed by atoms with Crippen LogP contribution in [0, 0.1) is 0 Å². The number of nitrogens with one attached hydrogen (secondary N) is 3. The number of benzene rings is 1. The van der Waals surface area contributed by atoms with Gasteiger partial charge >= 0.3 is 0 Å². The maximum absolute atomic E-state index is 5.35. The van der Waals surface area contributed by atoms with E-state index >= 15 is 0 Å². The van der Waals surface area contributed by atoms with Crippen molar-refractivity contribution in [1.29, 1.82) is 0 Å². The molecule has 0 aliphatic carbocycles. The minimum Gasteiger partial charge on any atom is -0.370 e. The van der Waals surface area contributed by atoms with E-state index in [0.29, 0.717) is 5.11 Å². The normalized spacial score (nSPS) is 16.3. The molecule has 1 fully saturated rings. The van der Waals surface area contributed by atoms with Crippen LogP contribution in [0.5, 0.6) is 0 Å². The topological polar surface area (TPSA) is 50.1 Å². The van der Waals surface area contributed by atoms with Gasteiger partial charge in [0.15, 0.2) is 5.11 Å². The summed E-state index contributed by atoms with van der Waals surface area (Å²) in [4.78, 5) is 1.61. The fraction of sp³-hybridized carbons (Fsp3) is 0.412. The van der Waals surface area contributed by atoms with E-state index in [-0.39, 0.29) is 0 Å². The SMILES string of the molecule is S=C(NCCC[NH+]1CCOCC1)N/N=C\C(Br)=C\c1ccccc1. The molecule has 1 aromatic carbocycles. The summed E-state index contributed by atoms with van der Waals surface area (Å²) in [5.41, 5.74) is 3.94. The molecule has 0 amide bonds. The third kappa shape index (κ3) is 8.01.